The van der Waals surface area contributed by atoms with E-state index in [1.54, 1.807) is 9.79 Å². The summed E-state index contributed by atoms with van der Waals surface area (Å²) in [5.41, 5.74) is 17.2. The van der Waals surface area contributed by atoms with Gasteiger partial charge in [-0.1, -0.05) is 121 Å². The minimum absolute atomic E-state index is 0.887. The second-order valence-electron chi connectivity index (χ2n) is 20.3. The van der Waals surface area contributed by atoms with Crippen molar-refractivity contribution in [2.24, 2.45) is 0 Å². The summed E-state index contributed by atoms with van der Waals surface area (Å²) in [4.78, 5) is 6.07. The molecule has 0 spiro atoms. The predicted molar refractivity (Wildman–Crippen MR) is 297 cm³/mol. The van der Waals surface area contributed by atoms with Gasteiger partial charge in [0.15, 0.2) is 0 Å². The van der Waals surface area contributed by atoms with Crippen molar-refractivity contribution >= 4 is 129 Å². The summed E-state index contributed by atoms with van der Waals surface area (Å²) in [6.07, 6.45) is 5.23. The van der Waals surface area contributed by atoms with E-state index >= 15 is 0 Å². The molecule has 3 aliphatic heterocycles. The van der Waals surface area contributed by atoms with Crippen LogP contribution >= 0.6 is 20.1 Å². The molecule has 4 nitrogen and oxygen atoms in total. The lowest BCUT2D eigenvalue weighted by atomic mass is 9.91. The minimum atomic E-state index is -1.53. The molecule has 0 aliphatic carbocycles. The van der Waals surface area contributed by atoms with Crippen LogP contribution in [-0.4, -0.2) is 17.6 Å². The standard InChI is InChI=1S/C65H38O4S2/c1-70-33-71(2)55-32-47(37-20-24-43-53(30-37)67-51-28-22-35-12-4-6-14-39(35)57(43)51)63-61(41-16-8-10-18-49(41)69-63)59(55)45-26-25-44(64(70)65(45)71)58-54(70)31-46(62-60(58)40-15-7-9-17-48(40)68-62)36-19-23-42-52(29-36)66-50-27-21-34-11-3-5-13-38(34)56(42)50/h3-32H,33H2,1-2H3. The summed E-state index contributed by atoms with van der Waals surface area (Å²) in [6.45, 7) is 0. The van der Waals surface area contributed by atoms with Gasteiger partial charge in [0.05, 0.1) is 0 Å². The molecule has 18 rings (SSSR count). The smallest absolute Gasteiger partial charge is 0.143 e. The van der Waals surface area contributed by atoms with Crippen LogP contribution in [0.15, 0.2) is 219 Å². The molecule has 334 valence electrons. The van der Waals surface area contributed by atoms with Crippen molar-refractivity contribution < 1.29 is 17.7 Å². The van der Waals surface area contributed by atoms with Gasteiger partial charge in [0.25, 0.3) is 0 Å². The highest BCUT2D eigenvalue weighted by Gasteiger charge is 2.55. The summed E-state index contributed by atoms with van der Waals surface area (Å²) in [5, 5.41) is 15.3. The largest absolute Gasteiger partial charge is 0.456 e. The van der Waals surface area contributed by atoms with E-state index in [9.17, 15) is 0 Å². The maximum Gasteiger partial charge on any atom is 0.143 e. The zero-order valence-corrected chi connectivity index (χ0v) is 40.1. The highest BCUT2D eigenvalue weighted by molar-refractivity contribution is 8.51. The Morgan fingerprint density at radius 3 is 1.23 bits per heavy atom. The molecule has 4 aromatic heterocycles. The highest BCUT2D eigenvalue weighted by atomic mass is 32.3. The number of rotatable bonds is 2. The van der Waals surface area contributed by atoms with Crippen molar-refractivity contribution in [1.82, 2.24) is 0 Å². The average molecular weight is 947 g/mol. The molecule has 0 bridgehead atoms. The van der Waals surface area contributed by atoms with Crippen LogP contribution in [0.2, 0.25) is 0 Å². The first-order valence-corrected chi connectivity index (χ1v) is 28.7. The van der Waals surface area contributed by atoms with Crippen LogP contribution in [0.1, 0.15) is 0 Å². The Morgan fingerprint density at radius 2 is 0.746 bits per heavy atom. The second-order valence-corrected chi connectivity index (χ2v) is 27.2. The van der Waals surface area contributed by atoms with Crippen LogP contribution in [0.3, 0.4) is 0 Å². The van der Waals surface area contributed by atoms with Gasteiger partial charge in [0, 0.05) is 90.0 Å². The molecular formula is C65H38O4S2. The topological polar surface area (TPSA) is 52.6 Å². The Hall–Kier alpha value is -8.16. The Labute approximate surface area is 408 Å². The number of furan rings is 4. The maximum absolute atomic E-state index is 7.02. The maximum atomic E-state index is 7.02. The number of para-hydroxylation sites is 2. The van der Waals surface area contributed by atoms with E-state index in [2.05, 4.69) is 195 Å². The molecule has 0 saturated heterocycles. The van der Waals surface area contributed by atoms with Gasteiger partial charge >= 0.3 is 0 Å². The molecule has 2 atom stereocenters. The Bertz CT molecular complexity index is 4710. The molecule has 2 unspecified atom stereocenters. The van der Waals surface area contributed by atoms with Crippen molar-refractivity contribution in [1.29, 1.82) is 0 Å². The molecule has 0 radical (unpaired) electrons. The molecule has 0 saturated carbocycles. The van der Waals surface area contributed by atoms with Crippen molar-refractivity contribution in [3.05, 3.63) is 182 Å². The zero-order chi connectivity index (χ0) is 46.2. The van der Waals surface area contributed by atoms with Gasteiger partial charge in [-0.2, -0.15) is 20.1 Å². The molecule has 11 aromatic carbocycles. The quantitative estimate of drug-likeness (QED) is 0.173. The summed E-state index contributed by atoms with van der Waals surface area (Å²) in [7, 11) is -3.07. The third-order valence-electron chi connectivity index (χ3n) is 16.6. The fourth-order valence-corrected chi connectivity index (χ4v) is 25.3. The van der Waals surface area contributed by atoms with Crippen molar-refractivity contribution in [2.75, 3.05) is 17.6 Å². The van der Waals surface area contributed by atoms with Crippen LogP contribution < -0.4 is 0 Å². The summed E-state index contributed by atoms with van der Waals surface area (Å²) in [6, 6.07) is 66.5. The molecule has 7 heterocycles. The fourth-order valence-electron chi connectivity index (χ4n) is 13.6. The molecule has 15 aromatic rings. The number of fused-ring (bicyclic) bond motifs is 24. The van der Waals surface area contributed by atoms with Gasteiger partial charge < -0.3 is 17.7 Å². The van der Waals surface area contributed by atoms with Gasteiger partial charge in [-0.3, -0.25) is 0 Å². The fraction of sp³-hybridized carbons (Fsp3) is 0.0462. The lowest BCUT2D eigenvalue weighted by Gasteiger charge is -2.36. The third kappa shape index (κ3) is 4.46. The van der Waals surface area contributed by atoms with Gasteiger partial charge in [-0.25, -0.2) is 0 Å². The third-order valence-corrected chi connectivity index (χ3v) is 25.7. The van der Waals surface area contributed by atoms with Crippen LogP contribution in [-0.2, 0) is 0 Å². The van der Waals surface area contributed by atoms with Gasteiger partial charge in [-0.15, -0.1) is 0 Å². The molecule has 3 aliphatic rings. The highest BCUT2D eigenvalue weighted by Crippen LogP contribution is 2.90. The lowest BCUT2D eigenvalue weighted by Crippen LogP contribution is -2.03. The van der Waals surface area contributed by atoms with Crippen molar-refractivity contribution in [2.45, 2.75) is 19.6 Å². The number of benzene rings is 11. The molecule has 6 heteroatoms. The Morgan fingerprint density at radius 1 is 0.324 bits per heavy atom. The Kier molecular flexibility index (Phi) is 6.68. The first-order chi connectivity index (χ1) is 34.9. The van der Waals surface area contributed by atoms with Crippen molar-refractivity contribution in [3.8, 4) is 44.5 Å². The number of hydrogen-bond donors (Lipinski definition) is 0. The normalized spacial score (nSPS) is 19.6. The lowest BCUT2D eigenvalue weighted by molar-refractivity contribution is 0.667. The van der Waals surface area contributed by atoms with E-state index in [0.717, 1.165) is 93.5 Å². The predicted octanol–water partition coefficient (Wildman–Crippen LogP) is 19.6. The van der Waals surface area contributed by atoms with E-state index in [1.165, 1.54) is 75.1 Å². The SMILES string of the molecule is CS12CS3(C)c4cc(-c5ccc6c(c5)oc5ccc7ccccc7c56)c5oc6ccccc6c5c4-c4ccc(c1c43)-c1c2cc(-c2ccc3c(c2)oc2ccc4ccccc4c23)c2oc3ccccc3c12. The first-order valence-electron chi connectivity index (χ1n) is 24.3. The van der Waals surface area contributed by atoms with E-state index in [1.807, 2.05) is 0 Å². The molecule has 0 fully saturated rings. The molecular weight excluding hydrogens is 909 g/mol. The first kappa shape index (κ1) is 37.7. The Balaban J connectivity index is 0.875. The van der Waals surface area contributed by atoms with Crippen LogP contribution in [0.5, 0.6) is 0 Å². The van der Waals surface area contributed by atoms with E-state index in [0.29, 0.717) is 0 Å². The van der Waals surface area contributed by atoms with Crippen LogP contribution in [0.25, 0.3) is 154 Å². The average Bonchev–Trinajstić information content (AvgIpc) is 4.29. The van der Waals surface area contributed by atoms with Gasteiger partial charge in [-0.05, 0) is 117 Å². The molecule has 0 N–H and O–H groups in total. The van der Waals surface area contributed by atoms with Crippen molar-refractivity contribution in [3.63, 3.8) is 0 Å². The monoisotopic (exact) mass is 946 g/mol. The minimum Gasteiger partial charge on any atom is -0.456 e. The molecule has 0 amide bonds. The van der Waals surface area contributed by atoms with Crippen LogP contribution in [0, 0.1) is 0 Å². The van der Waals surface area contributed by atoms with Crippen LogP contribution in [0.4, 0.5) is 0 Å². The van der Waals surface area contributed by atoms with Gasteiger partial charge in [0.2, 0.25) is 0 Å². The molecule has 71 heavy (non-hydrogen) atoms. The number of hydrogen-bond acceptors (Lipinski definition) is 4. The second kappa shape index (κ2) is 12.6. The van der Waals surface area contributed by atoms with E-state index < -0.39 is 20.1 Å². The summed E-state index contributed by atoms with van der Waals surface area (Å²) < 4.78 is 27.4. The van der Waals surface area contributed by atoms with E-state index in [4.69, 9.17) is 17.7 Å². The van der Waals surface area contributed by atoms with E-state index in [-0.39, 0.29) is 0 Å². The summed E-state index contributed by atoms with van der Waals surface area (Å²) in [5.74, 6) is 0. The zero-order valence-electron chi connectivity index (χ0n) is 38.5. The summed E-state index contributed by atoms with van der Waals surface area (Å²) >= 11 is 0. The van der Waals surface area contributed by atoms with Gasteiger partial charge in [0.1, 0.15) is 44.7 Å².